The van der Waals surface area contributed by atoms with E-state index in [4.69, 9.17) is 21.7 Å². The molecule has 0 aromatic heterocycles. The first kappa shape index (κ1) is 17.1. The summed E-state index contributed by atoms with van der Waals surface area (Å²) in [5.41, 5.74) is 0.919. The topological polar surface area (TPSA) is 42.5 Å². The number of rotatable bonds is 7. The average molecular weight is 330 g/mol. The second-order valence-corrected chi connectivity index (χ2v) is 5.49. The van der Waals surface area contributed by atoms with E-state index in [9.17, 15) is 0 Å². The first-order valence-corrected chi connectivity index (χ1v) is 8.06. The molecule has 0 saturated carbocycles. The summed E-state index contributed by atoms with van der Waals surface area (Å²) in [5.74, 6) is 1.70. The third-order valence-electron chi connectivity index (χ3n) is 3.04. The predicted octanol–water partition coefficient (Wildman–Crippen LogP) is 3.84. The maximum Gasteiger partial charge on any atom is 0.171 e. The number of para-hydroxylation sites is 1. The molecule has 0 saturated heterocycles. The van der Waals surface area contributed by atoms with Gasteiger partial charge in [-0.3, -0.25) is 0 Å². The summed E-state index contributed by atoms with van der Waals surface area (Å²) in [6, 6.07) is 17.5. The monoisotopic (exact) mass is 330 g/mol. The van der Waals surface area contributed by atoms with Gasteiger partial charge in [0.25, 0.3) is 0 Å². The largest absolute Gasteiger partial charge is 0.494 e. The molecule has 0 heterocycles. The first-order chi connectivity index (χ1) is 11.2. The molecular formula is C18H22N2O2S. The van der Waals surface area contributed by atoms with E-state index in [1.54, 1.807) is 0 Å². The molecule has 0 aliphatic rings. The van der Waals surface area contributed by atoms with Gasteiger partial charge in [-0.2, -0.15) is 0 Å². The molecule has 0 aliphatic carbocycles. The van der Waals surface area contributed by atoms with E-state index >= 15 is 0 Å². The Labute approximate surface area is 142 Å². The lowest BCUT2D eigenvalue weighted by molar-refractivity contribution is 0.287. The van der Waals surface area contributed by atoms with Crippen LogP contribution in [0.25, 0.3) is 0 Å². The molecule has 2 rings (SSSR count). The molecule has 0 aliphatic heterocycles. The Bertz CT molecular complexity index is 602. The molecule has 122 valence electrons. The van der Waals surface area contributed by atoms with E-state index in [0.717, 1.165) is 17.2 Å². The van der Waals surface area contributed by atoms with Crippen molar-refractivity contribution >= 4 is 23.0 Å². The van der Waals surface area contributed by atoms with Crippen molar-refractivity contribution in [2.75, 3.05) is 18.5 Å². The minimum atomic E-state index is 0.0953. The third kappa shape index (κ3) is 6.16. The quantitative estimate of drug-likeness (QED) is 0.755. The minimum absolute atomic E-state index is 0.0953. The lowest BCUT2D eigenvalue weighted by Crippen LogP contribution is -2.39. The average Bonchev–Trinajstić information content (AvgIpc) is 2.56. The molecule has 0 fully saturated rings. The van der Waals surface area contributed by atoms with Gasteiger partial charge >= 0.3 is 0 Å². The van der Waals surface area contributed by atoms with Crippen LogP contribution in [0.5, 0.6) is 11.5 Å². The third-order valence-corrected chi connectivity index (χ3v) is 3.26. The van der Waals surface area contributed by atoms with Crippen LogP contribution in [0.1, 0.15) is 13.8 Å². The highest BCUT2D eigenvalue weighted by Crippen LogP contribution is 2.15. The van der Waals surface area contributed by atoms with Crippen LogP contribution in [0.4, 0.5) is 5.69 Å². The van der Waals surface area contributed by atoms with Crippen molar-refractivity contribution in [2.24, 2.45) is 0 Å². The van der Waals surface area contributed by atoms with Gasteiger partial charge in [0.05, 0.1) is 12.6 Å². The zero-order valence-electron chi connectivity index (χ0n) is 13.4. The number of anilines is 1. The van der Waals surface area contributed by atoms with Crippen molar-refractivity contribution in [1.82, 2.24) is 5.32 Å². The van der Waals surface area contributed by atoms with Gasteiger partial charge in [-0.1, -0.05) is 18.2 Å². The highest BCUT2D eigenvalue weighted by atomic mass is 32.1. The fourth-order valence-electron chi connectivity index (χ4n) is 1.97. The Kier molecular flexibility index (Phi) is 6.69. The van der Waals surface area contributed by atoms with Gasteiger partial charge in [0, 0.05) is 5.69 Å². The number of ether oxygens (including phenoxy) is 2. The van der Waals surface area contributed by atoms with Crippen LogP contribution < -0.4 is 20.1 Å². The van der Waals surface area contributed by atoms with Gasteiger partial charge in [0.15, 0.2) is 5.11 Å². The van der Waals surface area contributed by atoms with Crippen LogP contribution in [0, 0.1) is 0 Å². The molecule has 2 aromatic rings. The molecule has 2 N–H and O–H groups in total. The maximum atomic E-state index is 5.70. The number of hydrogen-bond acceptors (Lipinski definition) is 3. The highest BCUT2D eigenvalue weighted by molar-refractivity contribution is 7.80. The van der Waals surface area contributed by atoms with Crippen LogP contribution in [0.3, 0.4) is 0 Å². The van der Waals surface area contributed by atoms with Crippen molar-refractivity contribution in [3.63, 3.8) is 0 Å². The van der Waals surface area contributed by atoms with Crippen molar-refractivity contribution in [3.05, 3.63) is 54.6 Å². The summed E-state index contributed by atoms with van der Waals surface area (Å²) >= 11 is 5.32. The predicted molar refractivity (Wildman–Crippen MR) is 98.4 cm³/mol. The molecule has 23 heavy (non-hydrogen) atoms. The van der Waals surface area contributed by atoms with E-state index < -0.39 is 0 Å². The lowest BCUT2D eigenvalue weighted by Gasteiger charge is -2.17. The molecule has 4 nitrogen and oxygen atoms in total. The van der Waals surface area contributed by atoms with Crippen molar-refractivity contribution in [1.29, 1.82) is 0 Å². The molecular weight excluding hydrogens is 308 g/mol. The lowest BCUT2D eigenvalue weighted by atomic mass is 10.3. The zero-order valence-corrected chi connectivity index (χ0v) is 14.2. The summed E-state index contributed by atoms with van der Waals surface area (Å²) in [7, 11) is 0. The molecule has 1 unspecified atom stereocenters. The Morgan fingerprint density at radius 2 is 1.65 bits per heavy atom. The second kappa shape index (κ2) is 9.00. The maximum absolute atomic E-state index is 5.70. The summed E-state index contributed by atoms with van der Waals surface area (Å²) in [6.07, 6.45) is 0. The molecule has 0 bridgehead atoms. The van der Waals surface area contributed by atoms with Crippen LogP contribution in [0.2, 0.25) is 0 Å². The van der Waals surface area contributed by atoms with Gasteiger partial charge in [-0.05, 0) is 62.5 Å². The fraction of sp³-hybridized carbons (Fsp3) is 0.278. The first-order valence-electron chi connectivity index (χ1n) is 7.65. The number of nitrogens with one attached hydrogen (secondary N) is 2. The second-order valence-electron chi connectivity index (χ2n) is 5.08. The smallest absolute Gasteiger partial charge is 0.171 e. The Balaban J connectivity index is 1.75. The molecule has 0 amide bonds. The van der Waals surface area contributed by atoms with E-state index in [1.165, 1.54) is 0 Å². The molecule has 0 spiro atoms. The summed E-state index contributed by atoms with van der Waals surface area (Å²) in [5, 5.41) is 6.92. The van der Waals surface area contributed by atoms with Crippen LogP contribution >= 0.6 is 12.2 Å². The summed E-state index contributed by atoms with van der Waals surface area (Å²) in [4.78, 5) is 0. The van der Waals surface area contributed by atoms with Gasteiger partial charge < -0.3 is 20.1 Å². The van der Waals surface area contributed by atoms with Crippen LogP contribution in [0.15, 0.2) is 54.6 Å². The number of hydrogen-bond donors (Lipinski definition) is 2. The molecule has 5 heteroatoms. The fourth-order valence-corrected chi connectivity index (χ4v) is 2.29. The van der Waals surface area contributed by atoms with E-state index in [-0.39, 0.29) is 6.04 Å². The van der Waals surface area contributed by atoms with Gasteiger partial charge in [0.2, 0.25) is 0 Å². The molecule has 2 aromatic carbocycles. The Morgan fingerprint density at radius 3 is 2.30 bits per heavy atom. The zero-order chi connectivity index (χ0) is 16.5. The Morgan fingerprint density at radius 1 is 1.00 bits per heavy atom. The van der Waals surface area contributed by atoms with Gasteiger partial charge in [0.1, 0.15) is 18.1 Å². The summed E-state index contributed by atoms with van der Waals surface area (Å²) in [6.45, 7) is 5.18. The Hall–Kier alpha value is -2.27. The van der Waals surface area contributed by atoms with E-state index in [2.05, 4.69) is 10.6 Å². The van der Waals surface area contributed by atoms with Crippen LogP contribution in [-0.2, 0) is 0 Å². The molecule has 1 atom stereocenters. The number of benzene rings is 2. The van der Waals surface area contributed by atoms with Gasteiger partial charge in [-0.15, -0.1) is 0 Å². The molecule has 0 radical (unpaired) electrons. The van der Waals surface area contributed by atoms with Gasteiger partial charge in [-0.25, -0.2) is 0 Å². The van der Waals surface area contributed by atoms with E-state index in [0.29, 0.717) is 18.3 Å². The number of thiocarbonyl (C=S) groups is 1. The SMILES string of the molecule is CCOc1ccc(NC(=S)NC(C)COc2ccccc2)cc1. The van der Waals surface area contributed by atoms with E-state index in [1.807, 2.05) is 68.4 Å². The summed E-state index contributed by atoms with van der Waals surface area (Å²) < 4.78 is 11.1. The highest BCUT2D eigenvalue weighted by Gasteiger charge is 2.05. The van der Waals surface area contributed by atoms with Crippen molar-refractivity contribution in [3.8, 4) is 11.5 Å². The normalized spacial score (nSPS) is 11.4. The standard InChI is InChI=1S/C18H22N2O2S/c1-3-21-17-11-9-15(10-12-17)20-18(23)19-14(2)13-22-16-7-5-4-6-8-16/h4-12,14H,3,13H2,1-2H3,(H2,19,20,23). The van der Waals surface area contributed by atoms with Crippen molar-refractivity contribution in [2.45, 2.75) is 19.9 Å². The minimum Gasteiger partial charge on any atom is -0.494 e. The van der Waals surface area contributed by atoms with Crippen LogP contribution in [-0.4, -0.2) is 24.4 Å². The van der Waals surface area contributed by atoms with Crippen molar-refractivity contribution < 1.29 is 9.47 Å².